The Morgan fingerprint density at radius 1 is 1.14 bits per heavy atom. The number of hydrogen-bond acceptors (Lipinski definition) is 5. The molecule has 0 heterocycles. The smallest absolute Gasteiger partial charge is 0.323 e. The summed E-state index contributed by atoms with van der Waals surface area (Å²) in [6.07, 6.45) is 1.72. The van der Waals surface area contributed by atoms with E-state index < -0.39 is 31.2 Å². The van der Waals surface area contributed by atoms with E-state index in [1.807, 2.05) is 0 Å². The molecule has 22 heavy (non-hydrogen) atoms. The summed E-state index contributed by atoms with van der Waals surface area (Å²) in [5.41, 5.74) is -1.91. The molecule has 1 N–H and O–H groups in total. The zero-order valence-corrected chi connectivity index (χ0v) is 15.3. The number of rotatable bonds is 6. The van der Waals surface area contributed by atoms with Gasteiger partial charge in [0.2, 0.25) is 0 Å². The number of fused-ring (bicyclic) bond motifs is 1. The Morgan fingerprint density at radius 3 is 2.05 bits per heavy atom. The molecule has 2 aliphatic rings. The highest BCUT2D eigenvalue weighted by Crippen LogP contribution is 2.72. The van der Waals surface area contributed by atoms with Gasteiger partial charge in [-0.15, -0.1) is 0 Å². The molecule has 0 bridgehead atoms. The number of aliphatic hydroxyl groups excluding tert-OH is 1. The highest BCUT2D eigenvalue weighted by molar-refractivity contribution is 6.77. The number of carbonyl (C=O) groups is 2. The Balaban J connectivity index is 2.28. The van der Waals surface area contributed by atoms with Crippen molar-refractivity contribution in [1.82, 2.24) is 0 Å². The van der Waals surface area contributed by atoms with Gasteiger partial charge >= 0.3 is 11.9 Å². The van der Waals surface area contributed by atoms with Crippen LogP contribution in [0.4, 0.5) is 0 Å². The third kappa shape index (κ3) is 2.60. The van der Waals surface area contributed by atoms with Gasteiger partial charge in [0.1, 0.15) is 0 Å². The molecule has 0 unspecified atom stereocenters. The van der Waals surface area contributed by atoms with Crippen molar-refractivity contribution in [3.8, 4) is 0 Å². The fraction of sp³-hybridized carbons (Fsp3) is 0.875. The highest BCUT2D eigenvalue weighted by Gasteiger charge is 2.74. The van der Waals surface area contributed by atoms with Crippen LogP contribution in [0.3, 0.4) is 0 Å². The second-order valence-electron chi connectivity index (χ2n) is 7.81. The van der Waals surface area contributed by atoms with Gasteiger partial charge in [-0.2, -0.15) is 0 Å². The molecule has 2 rings (SSSR count). The molecule has 5 nitrogen and oxygen atoms in total. The van der Waals surface area contributed by atoms with Crippen LogP contribution in [0.25, 0.3) is 0 Å². The Kier molecular flexibility index (Phi) is 4.48. The van der Waals surface area contributed by atoms with Crippen LogP contribution in [0.5, 0.6) is 0 Å². The first kappa shape index (κ1) is 17.5. The van der Waals surface area contributed by atoms with Gasteiger partial charge in [-0.3, -0.25) is 9.59 Å². The predicted molar refractivity (Wildman–Crippen MR) is 84.8 cm³/mol. The molecular weight excluding hydrogens is 300 g/mol. The molecule has 0 aromatic heterocycles. The first-order valence-corrected chi connectivity index (χ1v) is 11.7. The number of ether oxygens (including phenoxy) is 2. The van der Waals surface area contributed by atoms with Gasteiger partial charge in [0.05, 0.1) is 27.0 Å². The summed E-state index contributed by atoms with van der Waals surface area (Å²) >= 11 is 0. The minimum Gasteiger partial charge on any atom is -0.465 e. The van der Waals surface area contributed by atoms with Gasteiger partial charge in [0, 0.05) is 0 Å². The molecule has 0 radical (unpaired) electrons. The zero-order chi connectivity index (χ0) is 16.8. The topological polar surface area (TPSA) is 72.8 Å². The van der Waals surface area contributed by atoms with Gasteiger partial charge in [-0.25, -0.2) is 0 Å². The van der Waals surface area contributed by atoms with Crippen molar-refractivity contribution in [2.45, 2.75) is 58.5 Å². The zero-order valence-electron chi connectivity index (χ0n) is 14.3. The van der Waals surface area contributed by atoms with Crippen molar-refractivity contribution in [2.24, 2.45) is 16.7 Å². The number of aliphatic hydroxyl groups is 1. The SMILES string of the molecule is CCOC(=O)C1(C(=O)OCC)C[C@H]2C[C@@]2([C@@H](O)[Si](C)(C)C)C1. The molecule has 0 spiro atoms. The lowest BCUT2D eigenvalue weighted by Gasteiger charge is -2.34. The third-order valence-electron chi connectivity index (χ3n) is 5.20. The third-order valence-corrected chi connectivity index (χ3v) is 7.42. The van der Waals surface area contributed by atoms with Gasteiger partial charge in [0.25, 0.3) is 0 Å². The van der Waals surface area contributed by atoms with E-state index in [2.05, 4.69) is 19.6 Å². The van der Waals surface area contributed by atoms with Crippen molar-refractivity contribution in [2.75, 3.05) is 13.2 Å². The predicted octanol–water partition coefficient (Wildman–Crippen LogP) is 2.14. The summed E-state index contributed by atoms with van der Waals surface area (Å²) in [6, 6.07) is 0. The molecule has 2 fully saturated rings. The summed E-state index contributed by atoms with van der Waals surface area (Å²) < 4.78 is 10.3. The quantitative estimate of drug-likeness (QED) is 0.459. The standard InChI is InChI=1S/C16H28O5Si/c1-6-20-12(17)16(13(18)21-7-2)9-11-8-15(11,10-16)14(19)22(3,4)5/h11,14,19H,6-10H2,1-5H3/t11-,14+,15-/m1/s1. The van der Waals surface area contributed by atoms with E-state index in [4.69, 9.17) is 9.47 Å². The maximum absolute atomic E-state index is 12.5. The molecule has 0 amide bonds. The molecule has 0 saturated heterocycles. The lowest BCUT2D eigenvalue weighted by Crippen LogP contribution is -2.48. The molecule has 0 aromatic carbocycles. The molecule has 0 aromatic rings. The molecule has 0 aliphatic heterocycles. The number of hydrogen-bond donors (Lipinski definition) is 1. The van der Waals surface area contributed by atoms with Crippen LogP contribution >= 0.6 is 0 Å². The molecule has 3 atom stereocenters. The molecular formula is C16H28O5Si. The van der Waals surface area contributed by atoms with Crippen LogP contribution in [-0.4, -0.2) is 44.1 Å². The van der Waals surface area contributed by atoms with E-state index >= 15 is 0 Å². The van der Waals surface area contributed by atoms with Crippen LogP contribution < -0.4 is 0 Å². The molecule has 2 aliphatic carbocycles. The Bertz CT molecular complexity index is 452. The minimum absolute atomic E-state index is 0.225. The fourth-order valence-electron chi connectivity index (χ4n) is 4.17. The lowest BCUT2D eigenvalue weighted by atomic mass is 9.80. The summed E-state index contributed by atoms with van der Waals surface area (Å²) in [5, 5.41) is 10.8. The van der Waals surface area contributed by atoms with E-state index in [1.165, 1.54) is 0 Å². The average Bonchev–Trinajstić information content (AvgIpc) is 3.00. The summed E-state index contributed by atoms with van der Waals surface area (Å²) in [6.45, 7) is 10.3. The van der Waals surface area contributed by atoms with Crippen LogP contribution in [0, 0.1) is 16.7 Å². The van der Waals surface area contributed by atoms with E-state index in [0.29, 0.717) is 12.8 Å². The largest absolute Gasteiger partial charge is 0.465 e. The Labute approximate surface area is 133 Å². The number of carbonyl (C=O) groups excluding carboxylic acids is 2. The average molecular weight is 328 g/mol. The Morgan fingerprint density at radius 2 is 1.64 bits per heavy atom. The first-order chi connectivity index (χ1) is 10.1. The fourth-order valence-corrected chi connectivity index (χ4v) is 6.35. The first-order valence-electron chi connectivity index (χ1n) is 8.16. The monoisotopic (exact) mass is 328 g/mol. The number of esters is 2. The van der Waals surface area contributed by atoms with Crippen molar-refractivity contribution in [3.05, 3.63) is 0 Å². The van der Waals surface area contributed by atoms with Crippen LogP contribution in [0.15, 0.2) is 0 Å². The van der Waals surface area contributed by atoms with E-state index in [0.717, 1.165) is 6.42 Å². The second-order valence-corrected chi connectivity index (χ2v) is 13.1. The van der Waals surface area contributed by atoms with E-state index in [-0.39, 0.29) is 24.5 Å². The Hall–Kier alpha value is -0.883. The summed E-state index contributed by atoms with van der Waals surface area (Å²) in [7, 11) is -1.77. The maximum Gasteiger partial charge on any atom is 0.323 e. The van der Waals surface area contributed by atoms with Gasteiger partial charge < -0.3 is 14.6 Å². The maximum atomic E-state index is 12.5. The van der Waals surface area contributed by atoms with Crippen molar-refractivity contribution < 1.29 is 24.2 Å². The molecule has 2 saturated carbocycles. The van der Waals surface area contributed by atoms with Gasteiger partial charge in [-0.1, -0.05) is 19.6 Å². The van der Waals surface area contributed by atoms with Crippen molar-refractivity contribution in [1.29, 1.82) is 0 Å². The van der Waals surface area contributed by atoms with Crippen LogP contribution in [-0.2, 0) is 19.1 Å². The van der Waals surface area contributed by atoms with Crippen molar-refractivity contribution in [3.63, 3.8) is 0 Å². The van der Waals surface area contributed by atoms with Crippen LogP contribution in [0.1, 0.15) is 33.1 Å². The minimum atomic E-state index is -1.77. The highest BCUT2D eigenvalue weighted by atomic mass is 28.3. The van der Waals surface area contributed by atoms with Gasteiger partial charge in [0.15, 0.2) is 5.41 Å². The normalized spacial score (nSPS) is 30.4. The van der Waals surface area contributed by atoms with Gasteiger partial charge in [-0.05, 0) is 44.4 Å². The second kappa shape index (κ2) is 5.64. The van der Waals surface area contributed by atoms with Crippen molar-refractivity contribution >= 4 is 20.0 Å². The molecule has 126 valence electrons. The van der Waals surface area contributed by atoms with E-state index in [1.54, 1.807) is 13.8 Å². The van der Waals surface area contributed by atoms with Crippen LogP contribution in [0.2, 0.25) is 19.6 Å². The lowest BCUT2D eigenvalue weighted by molar-refractivity contribution is -0.173. The summed E-state index contributed by atoms with van der Waals surface area (Å²) in [4.78, 5) is 24.9. The molecule has 6 heteroatoms. The summed E-state index contributed by atoms with van der Waals surface area (Å²) in [5.74, 6) is -0.742. The van der Waals surface area contributed by atoms with E-state index in [9.17, 15) is 14.7 Å².